The van der Waals surface area contributed by atoms with Crippen LogP contribution in [0.1, 0.15) is 24.8 Å². The van der Waals surface area contributed by atoms with E-state index < -0.39 is 5.41 Å². The first-order valence-electron chi connectivity index (χ1n) is 6.49. The molecule has 1 aromatic carbocycles. The molecule has 1 aromatic heterocycles. The molecule has 0 radical (unpaired) electrons. The van der Waals surface area contributed by atoms with Gasteiger partial charge in [0.25, 0.3) is 0 Å². The van der Waals surface area contributed by atoms with Gasteiger partial charge in [0.1, 0.15) is 5.75 Å². The van der Waals surface area contributed by atoms with Crippen LogP contribution >= 0.6 is 0 Å². The van der Waals surface area contributed by atoms with Crippen LogP contribution in [0.25, 0.3) is 0 Å². The van der Waals surface area contributed by atoms with Crippen molar-refractivity contribution in [1.29, 1.82) is 0 Å². The van der Waals surface area contributed by atoms with Crippen molar-refractivity contribution in [2.45, 2.75) is 24.7 Å². The molecule has 0 atom stereocenters. The molecule has 0 saturated heterocycles. The van der Waals surface area contributed by atoms with Gasteiger partial charge in [0.15, 0.2) is 0 Å². The van der Waals surface area contributed by atoms with Crippen LogP contribution < -0.4 is 4.74 Å². The summed E-state index contributed by atoms with van der Waals surface area (Å²) in [5, 5.41) is 0. The fourth-order valence-electron chi connectivity index (χ4n) is 2.48. The van der Waals surface area contributed by atoms with Crippen LogP contribution in [0.4, 0.5) is 0 Å². The van der Waals surface area contributed by atoms with Gasteiger partial charge in [-0.3, -0.25) is 9.78 Å². The van der Waals surface area contributed by atoms with Gasteiger partial charge in [-0.1, -0.05) is 30.7 Å². The van der Waals surface area contributed by atoms with Gasteiger partial charge in [0.05, 0.1) is 5.41 Å². The molecule has 0 N–H and O–H groups in total. The van der Waals surface area contributed by atoms with E-state index in [1.165, 1.54) is 0 Å². The summed E-state index contributed by atoms with van der Waals surface area (Å²) in [6, 6.07) is 13.0. The van der Waals surface area contributed by atoms with Crippen molar-refractivity contribution in [2.75, 3.05) is 0 Å². The number of hydrogen-bond donors (Lipinski definition) is 0. The first kappa shape index (κ1) is 11.9. The SMILES string of the molecule is O=C(Oc1ccccc1)C1(c2cccnc2)CCC1. The number of aromatic nitrogens is 1. The predicted molar refractivity (Wildman–Crippen MR) is 71.8 cm³/mol. The minimum Gasteiger partial charge on any atom is -0.426 e. The molecule has 19 heavy (non-hydrogen) atoms. The van der Waals surface area contributed by atoms with Crippen molar-refractivity contribution in [2.24, 2.45) is 0 Å². The average molecular weight is 253 g/mol. The number of pyridine rings is 1. The monoisotopic (exact) mass is 253 g/mol. The van der Waals surface area contributed by atoms with E-state index in [9.17, 15) is 4.79 Å². The van der Waals surface area contributed by atoms with Crippen LogP contribution in [0.3, 0.4) is 0 Å². The van der Waals surface area contributed by atoms with Crippen LogP contribution in [0.15, 0.2) is 54.9 Å². The molecule has 0 amide bonds. The number of hydrogen-bond acceptors (Lipinski definition) is 3. The van der Waals surface area contributed by atoms with E-state index in [2.05, 4.69) is 4.98 Å². The number of para-hydroxylation sites is 1. The molecule has 3 heteroatoms. The van der Waals surface area contributed by atoms with Crippen LogP contribution in [-0.4, -0.2) is 11.0 Å². The zero-order valence-corrected chi connectivity index (χ0v) is 10.6. The lowest BCUT2D eigenvalue weighted by atomic mass is 9.65. The quantitative estimate of drug-likeness (QED) is 0.623. The first-order valence-corrected chi connectivity index (χ1v) is 6.49. The Morgan fingerprint density at radius 2 is 1.89 bits per heavy atom. The molecule has 2 aromatic rings. The summed E-state index contributed by atoms with van der Waals surface area (Å²) >= 11 is 0. The van der Waals surface area contributed by atoms with Gasteiger partial charge in [0.2, 0.25) is 0 Å². The Labute approximate surface area is 112 Å². The fraction of sp³-hybridized carbons (Fsp3) is 0.250. The third-order valence-corrected chi connectivity index (χ3v) is 3.77. The van der Waals surface area contributed by atoms with E-state index in [-0.39, 0.29) is 5.97 Å². The molecule has 96 valence electrons. The molecule has 1 heterocycles. The summed E-state index contributed by atoms with van der Waals surface area (Å²) in [5.74, 6) is 0.431. The largest absolute Gasteiger partial charge is 0.426 e. The minimum absolute atomic E-state index is 0.169. The molecule has 3 nitrogen and oxygen atoms in total. The van der Waals surface area contributed by atoms with Crippen molar-refractivity contribution in [1.82, 2.24) is 4.98 Å². The van der Waals surface area contributed by atoms with Gasteiger partial charge in [0, 0.05) is 12.4 Å². The second kappa shape index (κ2) is 4.84. The van der Waals surface area contributed by atoms with Crippen molar-refractivity contribution in [3.05, 3.63) is 60.4 Å². The zero-order valence-electron chi connectivity index (χ0n) is 10.6. The maximum atomic E-state index is 12.5. The fourth-order valence-corrected chi connectivity index (χ4v) is 2.48. The minimum atomic E-state index is -0.496. The van der Waals surface area contributed by atoms with Crippen molar-refractivity contribution in [3.63, 3.8) is 0 Å². The third-order valence-electron chi connectivity index (χ3n) is 3.77. The molecule has 0 bridgehead atoms. The predicted octanol–water partition coefficient (Wildman–Crippen LogP) is 3.11. The topological polar surface area (TPSA) is 39.2 Å². The summed E-state index contributed by atoms with van der Waals surface area (Å²) in [6.45, 7) is 0. The Hall–Kier alpha value is -2.16. The molecule has 3 rings (SSSR count). The molecule has 1 aliphatic rings. The molecule has 0 spiro atoms. The highest BCUT2D eigenvalue weighted by Gasteiger charge is 2.47. The van der Waals surface area contributed by atoms with E-state index in [0.29, 0.717) is 5.75 Å². The Balaban J connectivity index is 1.85. The maximum Gasteiger partial charge on any atom is 0.322 e. The molecule has 1 saturated carbocycles. The number of esters is 1. The lowest BCUT2D eigenvalue weighted by Crippen LogP contribution is -2.45. The summed E-state index contributed by atoms with van der Waals surface area (Å²) in [4.78, 5) is 16.6. The maximum absolute atomic E-state index is 12.5. The van der Waals surface area contributed by atoms with Gasteiger partial charge in [-0.25, -0.2) is 0 Å². The van der Waals surface area contributed by atoms with Crippen LogP contribution in [0, 0.1) is 0 Å². The highest BCUT2D eigenvalue weighted by molar-refractivity contribution is 5.86. The van der Waals surface area contributed by atoms with E-state index in [4.69, 9.17) is 4.74 Å². The number of benzene rings is 1. The second-order valence-corrected chi connectivity index (χ2v) is 4.88. The average Bonchev–Trinajstić information content (AvgIpc) is 2.40. The third kappa shape index (κ3) is 2.12. The normalized spacial score (nSPS) is 16.4. The van der Waals surface area contributed by atoms with Crippen molar-refractivity contribution in [3.8, 4) is 5.75 Å². The lowest BCUT2D eigenvalue weighted by Gasteiger charge is -2.39. The molecular formula is C16H15NO2. The Kier molecular flexibility index (Phi) is 3.03. The Morgan fingerprint density at radius 1 is 1.11 bits per heavy atom. The standard InChI is InChI=1S/C16H15NO2/c18-15(19-14-7-2-1-3-8-14)16(9-5-10-16)13-6-4-11-17-12-13/h1-4,6-8,11-12H,5,9-10H2. The molecular weight excluding hydrogens is 238 g/mol. The molecule has 0 aliphatic heterocycles. The van der Waals surface area contributed by atoms with Gasteiger partial charge in [-0.05, 0) is 36.6 Å². The summed E-state index contributed by atoms with van der Waals surface area (Å²) in [7, 11) is 0. The smallest absolute Gasteiger partial charge is 0.322 e. The Morgan fingerprint density at radius 3 is 2.47 bits per heavy atom. The van der Waals surface area contributed by atoms with Gasteiger partial charge in [-0.2, -0.15) is 0 Å². The number of carbonyl (C=O) groups excluding carboxylic acids is 1. The summed E-state index contributed by atoms with van der Waals surface area (Å²) in [5.41, 5.74) is 0.464. The van der Waals surface area contributed by atoms with Crippen LogP contribution in [0.2, 0.25) is 0 Å². The van der Waals surface area contributed by atoms with E-state index in [1.807, 2.05) is 30.3 Å². The van der Waals surface area contributed by atoms with Gasteiger partial charge >= 0.3 is 5.97 Å². The number of rotatable bonds is 3. The highest BCUT2D eigenvalue weighted by Crippen LogP contribution is 2.44. The van der Waals surface area contributed by atoms with Crippen molar-refractivity contribution >= 4 is 5.97 Å². The van der Waals surface area contributed by atoms with Gasteiger partial charge in [-0.15, -0.1) is 0 Å². The number of carbonyl (C=O) groups is 1. The van der Waals surface area contributed by atoms with Crippen molar-refractivity contribution < 1.29 is 9.53 Å². The second-order valence-electron chi connectivity index (χ2n) is 4.88. The highest BCUT2D eigenvalue weighted by atomic mass is 16.5. The van der Waals surface area contributed by atoms with Crippen LogP contribution in [0.5, 0.6) is 5.75 Å². The van der Waals surface area contributed by atoms with E-state index >= 15 is 0 Å². The van der Waals surface area contributed by atoms with E-state index in [0.717, 1.165) is 24.8 Å². The number of ether oxygens (including phenoxy) is 1. The lowest BCUT2D eigenvalue weighted by molar-refractivity contribution is -0.144. The molecule has 1 fully saturated rings. The Bertz CT molecular complexity index is 562. The summed E-state index contributed by atoms with van der Waals surface area (Å²) < 4.78 is 5.51. The molecule has 1 aliphatic carbocycles. The van der Waals surface area contributed by atoms with Gasteiger partial charge < -0.3 is 4.74 Å². The summed E-state index contributed by atoms with van der Waals surface area (Å²) in [6.07, 6.45) is 6.22. The molecule has 0 unspecified atom stereocenters. The van der Waals surface area contributed by atoms with Crippen LogP contribution in [-0.2, 0) is 10.2 Å². The zero-order chi connectivity index (χ0) is 13.1. The first-order chi connectivity index (χ1) is 9.31. The number of nitrogens with zero attached hydrogens (tertiary/aromatic N) is 1. The van der Waals surface area contributed by atoms with E-state index in [1.54, 1.807) is 24.5 Å².